The van der Waals surface area contributed by atoms with Gasteiger partial charge in [0.1, 0.15) is 0 Å². The minimum absolute atomic E-state index is 0.330. The smallest absolute Gasteiger partial charge is 0.167 e. The molecule has 11 heavy (non-hydrogen) atoms. The average molecular weight is 165 g/mol. The molecule has 1 radical (unpaired) electrons. The van der Waals surface area contributed by atoms with Gasteiger partial charge in [0, 0.05) is 6.42 Å². The first kappa shape index (κ1) is 8.10. The summed E-state index contributed by atoms with van der Waals surface area (Å²) < 4.78 is 0. The topological polar surface area (TPSA) is 23.8 Å². The summed E-state index contributed by atoms with van der Waals surface area (Å²) in [4.78, 5) is 0. The molecule has 0 amide bonds. The number of nitriles is 1. The van der Waals surface area contributed by atoms with Gasteiger partial charge in [-0.05, 0) is 5.56 Å². The van der Waals surface area contributed by atoms with Crippen LogP contribution in [-0.4, -0.2) is 0 Å². The Bertz CT molecular complexity index is 250. The van der Waals surface area contributed by atoms with Gasteiger partial charge >= 0.3 is 0 Å². The first-order chi connectivity index (χ1) is 5.33. The van der Waals surface area contributed by atoms with Crippen LogP contribution in [0.25, 0.3) is 0 Å². The highest BCUT2D eigenvalue weighted by molar-refractivity contribution is 6.29. The Kier molecular flexibility index (Phi) is 2.95. The fourth-order valence-corrected chi connectivity index (χ4v) is 0.969. The van der Waals surface area contributed by atoms with E-state index in [1.807, 2.05) is 36.4 Å². The Morgan fingerprint density at radius 2 is 2.00 bits per heavy atom. The maximum Gasteiger partial charge on any atom is 0.167 e. The Labute approximate surface area is 71.2 Å². The molecule has 0 aromatic heterocycles. The minimum atomic E-state index is 0.330. The highest BCUT2D eigenvalue weighted by Gasteiger charge is 2.03. The monoisotopic (exact) mass is 164 g/mol. The second-order valence-corrected chi connectivity index (χ2v) is 2.64. The minimum Gasteiger partial charge on any atom is -0.196 e. The molecule has 0 saturated carbocycles. The summed E-state index contributed by atoms with van der Waals surface area (Å²) in [5, 5.41) is 8.71. The molecule has 0 fully saturated rings. The van der Waals surface area contributed by atoms with Crippen molar-refractivity contribution in [2.75, 3.05) is 0 Å². The predicted octanol–water partition coefficient (Wildman–Crippen LogP) is 2.52. The summed E-state index contributed by atoms with van der Waals surface area (Å²) in [6, 6.07) is 11.6. The molecule has 0 unspecified atom stereocenters. The predicted molar refractivity (Wildman–Crippen MR) is 44.9 cm³/mol. The summed E-state index contributed by atoms with van der Waals surface area (Å²) in [5.41, 5.74) is 1.07. The van der Waals surface area contributed by atoms with E-state index in [1.54, 1.807) is 0 Å². The fourth-order valence-electron chi connectivity index (χ4n) is 0.815. The summed E-state index contributed by atoms with van der Waals surface area (Å²) >= 11 is 5.56. The van der Waals surface area contributed by atoms with E-state index in [9.17, 15) is 0 Å². The number of rotatable bonds is 2. The van der Waals surface area contributed by atoms with Crippen LogP contribution in [-0.2, 0) is 6.42 Å². The average Bonchev–Trinajstić information content (AvgIpc) is 2.06. The third-order valence-electron chi connectivity index (χ3n) is 1.32. The van der Waals surface area contributed by atoms with Crippen molar-refractivity contribution >= 4 is 11.6 Å². The van der Waals surface area contributed by atoms with Gasteiger partial charge in [0.2, 0.25) is 0 Å². The summed E-state index contributed by atoms with van der Waals surface area (Å²) in [5.74, 6) is 0. The second kappa shape index (κ2) is 4.00. The van der Waals surface area contributed by atoms with Crippen molar-refractivity contribution in [2.45, 2.75) is 6.42 Å². The molecule has 1 rings (SSSR count). The van der Waals surface area contributed by atoms with Crippen LogP contribution in [0.15, 0.2) is 30.3 Å². The van der Waals surface area contributed by atoms with Crippen molar-refractivity contribution in [3.8, 4) is 6.07 Å². The maximum atomic E-state index is 8.38. The van der Waals surface area contributed by atoms with Gasteiger partial charge in [0.25, 0.3) is 0 Å². The summed E-state index contributed by atoms with van der Waals surface area (Å²) in [6.45, 7) is 0. The van der Waals surface area contributed by atoms with Crippen molar-refractivity contribution in [3.63, 3.8) is 0 Å². The number of nitrogens with zero attached hydrogens (tertiary/aromatic N) is 1. The molecular formula is C9H7ClN. The molecule has 1 nitrogen and oxygen atoms in total. The second-order valence-electron chi connectivity index (χ2n) is 2.18. The van der Waals surface area contributed by atoms with E-state index in [-0.39, 0.29) is 0 Å². The van der Waals surface area contributed by atoms with E-state index in [2.05, 4.69) is 0 Å². The molecule has 2 heteroatoms. The Morgan fingerprint density at radius 3 is 2.55 bits per heavy atom. The normalized spacial score (nSPS) is 9.55. The van der Waals surface area contributed by atoms with Crippen LogP contribution in [0.3, 0.4) is 0 Å². The van der Waals surface area contributed by atoms with Crippen LogP contribution >= 0.6 is 11.6 Å². The number of benzene rings is 1. The third kappa shape index (κ3) is 2.61. The lowest BCUT2D eigenvalue weighted by molar-refractivity contribution is 1.16. The molecule has 0 atom stereocenters. The molecule has 0 aliphatic carbocycles. The van der Waals surface area contributed by atoms with Crippen LogP contribution in [0.4, 0.5) is 0 Å². The molecular weight excluding hydrogens is 158 g/mol. The Morgan fingerprint density at radius 1 is 1.36 bits per heavy atom. The van der Waals surface area contributed by atoms with Crippen LogP contribution in [0.1, 0.15) is 5.56 Å². The zero-order valence-corrected chi connectivity index (χ0v) is 6.67. The number of halogens is 1. The van der Waals surface area contributed by atoms with Gasteiger partial charge in [-0.3, -0.25) is 0 Å². The lowest BCUT2D eigenvalue weighted by Gasteiger charge is -1.97. The highest BCUT2D eigenvalue weighted by Crippen LogP contribution is 2.12. The molecule has 0 aliphatic rings. The van der Waals surface area contributed by atoms with Crippen LogP contribution in [0.5, 0.6) is 0 Å². The molecule has 0 bridgehead atoms. The molecule has 0 heterocycles. The fraction of sp³-hybridized carbons (Fsp3) is 0.111. The van der Waals surface area contributed by atoms with Crippen molar-refractivity contribution in [2.24, 2.45) is 0 Å². The first-order valence-electron chi connectivity index (χ1n) is 3.28. The zero-order chi connectivity index (χ0) is 8.10. The van der Waals surface area contributed by atoms with Gasteiger partial charge in [-0.15, -0.1) is 0 Å². The molecule has 0 N–H and O–H groups in total. The SMILES string of the molecule is N#C[C](Cl)Cc1ccccc1. The van der Waals surface area contributed by atoms with Gasteiger partial charge in [-0.25, -0.2) is 0 Å². The van der Waals surface area contributed by atoms with Crippen molar-refractivity contribution in [1.82, 2.24) is 0 Å². The van der Waals surface area contributed by atoms with E-state index < -0.39 is 0 Å². The molecule has 1 aromatic carbocycles. The molecule has 55 valence electrons. The summed E-state index contributed by atoms with van der Waals surface area (Å²) in [6.07, 6.45) is 0.541. The lowest BCUT2D eigenvalue weighted by atomic mass is 10.1. The molecule has 0 aliphatic heterocycles. The van der Waals surface area contributed by atoms with Crippen LogP contribution in [0, 0.1) is 16.7 Å². The van der Waals surface area contributed by atoms with Crippen molar-refractivity contribution in [1.29, 1.82) is 5.26 Å². The quantitative estimate of drug-likeness (QED) is 0.659. The third-order valence-corrected chi connectivity index (χ3v) is 1.54. The standard InChI is InChI=1S/C9H7ClN/c10-9(7-11)6-8-4-2-1-3-5-8/h1-5H,6H2. The van der Waals surface area contributed by atoms with E-state index in [1.165, 1.54) is 0 Å². The van der Waals surface area contributed by atoms with Gasteiger partial charge in [-0.2, -0.15) is 5.26 Å². The largest absolute Gasteiger partial charge is 0.196 e. The van der Waals surface area contributed by atoms with Gasteiger partial charge < -0.3 is 0 Å². The van der Waals surface area contributed by atoms with E-state index >= 15 is 0 Å². The molecule has 0 spiro atoms. The van der Waals surface area contributed by atoms with Crippen molar-refractivity contribution in [3.05, 3.63) is 41.3 Å². The van der Waals surface area contributed by atoms with Crippen LogP contribution in [0.2, 0.25) is 0 Å². The van der Waals surface area contributed by atoms with E-state index in [0.717, 1.165) is 5.56 Å². The Balaban J connectivity index is 2.60. The van der Waals surface area contributed by atoms with E-state index in [4.69, 9.17) is 16.9 Å². The lowest BCUT2D eigenvalue weighted by Crippen LogP contribution is -1.89. The summed E-state index contributed by atoms with van der Waals surface area (Å²) in [7, 11) is 0. The van der Waals surface area contributed by atoms with Crippen molar-refractivity contribution < 1.29 is 0 Å². The van der Waals surface area contributed by atoms with Gasteiger partial charge in [-0.1, -0.05) is 41.9 Å². The molecule has 1 aromatic rings. The number of hydrogen-bond acceptors (Lipinski definition) is 1. The van der Waals surface area contributed by atoms with Gasteiger partial charge in [0.05, 0.1) is 6.07 Å². The molecule has 0 saturated heterocycles. The highest BCUT2D eigenvalue weighted by atomic mass is 35.5. The van der Waals surface area contributed by atoms with Gasteiger partial charge in [0.15, 0.2) is 5.38 Å². The Hall–Kier alpha value is -1.00. The maximum absolute atomic E-state index is 8.38. The number of hydrogen-bond donors (Lipinski definition) is 0. The van der Waals surface area contributed by atoms with Crippen LogP contribution < -0.4 is 0 Å². The zero-order valence-electron chi connectivity index (χ0n) is 5.92. The first-order valence-corrected chi connectivity index (χ1v) is 3.66. The van der Waals surface area contributed by atoms with E-state index in [0.29, 0.717) is 11.8 Å².